The maximum absolute atomic E-state index is 12.4. The second kappa shape index (κ2) is 7.88. The first kappa shape index (κ1) is 17.1. The smallest absolute Gasteiger partial charge is 0.268 e. The largest absolute Gasteiger partial charge is 0.492 e. The molecule has 0 bridgehead atoms. The molecule has 0 aliphatic rings. The number of carbonyl (C=O) groups excluding carboxylic acids is 1. The quantitative estimate of drug-likeness (QED) is 0.664. The minimum absolute atomic E-state index is 0.0828. The molecule has 1 N–H and O–H groups in total. The van der Waals surface area contributed by atoms with E-state index in [1.165, 1.54) is 5.56 Å². The Morgan fingerprint density at radius 3 is 2.60 bits per heavy atom. The van der Waals surface area contributed by atoms with Crippen molar-refractivity contribution in [2.75, 3.05) is 13.2 Å². The average molecular weight is 336 g/mol. The monoisotopic (exact) mass is 336 g/mol. The lowest BCUT2D eigenvalue weighted by molar-refractivity contribution is 0.0939. The molecule has 3 rings (SSSR count). The molecular weight excluding hydrogens is 312 g/mol. The standard InChI is InChI=1S/C21H24N2O2/c1-3-6-16-9-11-18(12-10-16)25-14-13-22-21(24)20-15-17-7-4-5-8-19(17)23(20)2/h4-5,7-12,15H,3,6,13-14H2,1-2H3,(H,22,24). The highest BCUT2D eigenvalue weighted by molar-refractivity contribution is 5.98. The third kappa shape index (κ3) is 4.02. The summed E-state index contributed by atoms with van der Waals surface area (Å²) in [5.74, 6) is 0.749. The van der Waals surface area contributed by atoms with Crippen molar-refractivity contribution in [3.05, 3.63) is 65.9 Å². The van der Waals surface area contributed by atoms with Crippen molar-refractivity contribution < 1.29 is 9.53 Å². The molecule has 0 aliphatic heterocycles. The number of amides is 1. The highest BCUT2D eigenvalue weighted by atomic mass is 16.5. The van der Waals surface area contributed by atoms with Gasteiger partial charge in [-0.25, -0.2) is 0 Å². The summed E-state index contributed by atoms with van der Waals surface area (Å²) in [6.45, 7) is 3.09. The van der Waals surface area contributed by atoms with E-state index in [2.05, 4.69) is 24.4 Å². The van der Waals surface area contributed by atoms with Gasteiger partial charge in [0.1, 0.15) is 18.1 Å². The minimum Gasteiger partial charge on any atom is -0.492 e. The summed E-state index contributed by atoms with van der Waals surface area (Å²) in [4.78, 5) is 12.4. The lowest BCUT2D eigenvalue weighted by Crippen LogP contribution is -2.29. The molecule has 0 saturated carbocycles. The van der Waals surface area contributed by atoms with Gasteiger partial charge < -0.3 is 14.6 Å². The van der Waals surface area contributed by atoms with Gasteiger partial charge in [0.25, 0.3) is 5.91 Å². The number of hydrogen-bond acceptors (Lipinski definition) is 2. The SMILES string of the molecule is CCCc1ccc(OCCNC(=O)c2cc3ccccc3n2C)cc1. The molecule has 0 aliphatic carbocycles. The highest BCUT2D eigenvalue weighted by Gasteiger charge is 2.12. The van der Waals surface area contributed by atoms with Crippen LogP contribution in [0.4, 0.5) is 0 Å². The predicted molar refractivity (Wildman–Crippen MR) is 101 cm³/mol. The van der Waals surface area contributed by atoms with Gasteiger partial charge in [-0.1, -0.05) is 43.7 Å². The van der Waals surface area contributed by atoms with E-state index in [0.717, 1.165) is 29.5 Å². The van der Waals surface area contributed by atoms with Gasteiger partial charge in [0.2, 0.25) is 0 Å². The van der Waals surface area contributed by atoms with Gasteiger partial charge in [0, 0.05) is 18.0 Å². The number of benzene rings is 2. The van der Waals surface area contributed by atoms with Crippen molar-refractivity contribution in [3.63, 3.8) is 0 Å². The van der Waals surface area contributed by atoms with E-state index >= 15 is 0 Å². The van der Waals surface area contributed by atoms with Gasteiger partial charge >= 0.3 is 0 Å². The summed E-state index contributed by atoms with van der Waals surface area (Å²) >= 11 is 0. The van der Waals surface area contributed by atoms with Gasteiger partial charge in [-0.05, 0) is 36.2 Å². The number of rotatable bonds is 7. The van der Waals surface area contributed by atoms with Crippen LogP contribution in [0.15, 0.2) is 54.6 Å². The fourth-order valence-electron chi connectivity index (χ4n) is 2.97. The van der Waals surface area contributed by atoms with E-state index in [1.54, 1.807) is 0 Å². The number of nitrogens with zero attached hydrogens (tertiary/aromatic N) is 1. The molecule has 4 nitrogen and oxygen atoms in total. The summed E-state index contributed by atoms with van der Waals surface area (Å²) in [6, 6.07) is 18.0. The minimum atomic E-state index is -0.0828. The van der Waals surface area contributed by atoms with Crippen LogP contribution < -0.4 is 10.1 Å². The zero-order valence-electron chi connectivity index (χ0n) is 14.8. The van der Waals surface area contributed by atoms with E-state index < -0.39 is 0 Å². The van der Waals surface area contributed by atoms with Gasteiger partial charge in [-0.15, -0.1) is 0 Å². The summed E-state index contributed by atoms with van der Waals surface area (Å²) < 4.78 is 7.61. The van der Waals surface area contributed by atoms with Crippen molar-refractivity contribution >= 4 is 16.8 Å². The van der Waals surface area contributed by atoms with Crippen LogP contribution in [-0.2, 0) is 13.5 Å². The Labute approximate surface area is 148 Å². The van der Waals surface area contributed by atoms with E-state index in [0.29, 0.717) is 18.8 Å². The van der Waals surface area contributed by atoms with Crippen LogP contribution in [0.25, 0.3) is 10.9 Å². The van der Waals surface area contributed by atoms with E-state index in [1.807, 2.05) is 54.1 Å². The fraction of sp³-hybridized carbons (Fsp3) is 0.286. The van der Waals surface area contributed by atoms with E-state index in [4.69, 9.17) is 4.74 Å². The van der Waals surface area contributed by atoms with Crippen LogP contribution in [0.5, 0.6) is 5.75 Å². The molecule has 3 aromatic rings. The van der Waals surface area contributed by atoms with Crippen molar-refractivity contribution in [1.29, 1.82) is 0 Å². The molecule has 1 aromatic heterocycles. The molecule has 1 heterocycles. The molecule has 0 fully saturated rings. The lowest BCUT2D eigenvalue weighted by atomic mass is 10.1. The fourth-order valence-corrected chi connectivity index (χ4v) is 2.97. The maximum Gasteiger partial charge on any atom is 0.268 e. The van der Waals surface area contributed by atoms with Crippen molar-refractivity contribution in [2.45, 2.75) is 19.8 Å². The van der Waals surface area contributed by atoms with Gasteiger partial charge in [0.05, 0.1) is 6.54 Å². The molecule has 0 saturated heterocycles. The molecular formula is C21H24N2O2. The Morgan fingerprint density at radius 2 is 1.88 bits per heavy atom. The summed E-state index contributed by atoms with van der Waals surface area (Å²) in [5, 5.41) is 3.99. The summed E-state index contributed by atoms with van der Waals surface area (Å²) in [5.41, 5.74) is 3.03. The lowest BCUT2D eigenvalue weighted by Gasteiger charge is -2.09. The molecule has 25 heavy (non-hydrogen) atoms. The molecule has 2 aromatic carbocycles. The summed E-state index contributed by atoms with van der Waals surface area (Å²) in [6.07, 6.45) is 2.22. The zero-order chi connectivity index (χ0) is 17.6. The zero-order valence-corrected chi connectivity index (χ0v) is 14.8. The molecule has 130 valence electrons. The van der Waals surface area contributed by atoms with E-state index in [9.17, 15) is 4.79 Å². The first-order chi connectivity index (χ1) is 12.2. The topological polar surface area (TPSA) is 43.3 Å². The number of nitrogens with one attached hydrogen (secondary N) is 1. The normalized spacial score (nSPS) is 10.8. The number of aromatic nitrogens is 1. The Hall–Kier alpha value is -2.75. The highest BCUT2D eigenvalue weighted by Crippen LogP contribution is 2.18. The number of carbonyl (C=O) groups is 1. The number of hydrogen-bond donors (Lipinski definition) is 1. The van der Waals surface area contributed by atoms with Crippen molar-refractivity contribution in [2.24, 2.45) is 7.05 Å². The summed E-state index contributed by atoms with van der Waals surface area (Å²) in [7, 11) is 1.91. The van der Waals surface area contributed by atoms with Crippen LogP contribution in [-0.4, -0.2) is 23.6 Å². The number of aryl methyl sites for hydroxylation is 2. The second-order valence-corrected chi connectivity index (χ2v) is 6.15. The Morgan fingerprint density at radius 1 is 1.12 bits per heavy atom. The Kier molecular flexibility index (Phi) is 5.39. The molecule has 0 atom stereocenters. The predicted octanol–water partition coefficient (Wildman–Crippen LogP) is 3.94. The first-order valence-corrected chi connectivity index (χ1v) is 8.73. The van der Waals surface area contributed by atoms with Crippen LogP contribution in [0.1, 0.15) is 29.4 Å². The molecule has 0 radical (unpaired) electrons. The van der Waals surface area contributed by atoms with Crippen LogP contribution in [0.3, 0.4) is 0 Å². The van der Waals surface area contributed by atoms with E-state index in [-0.39, 0.29) is 5.91 Å². The first-order valence-electron chi connectivity index (χ1n) is 8.73. The number of fused-ring (bicyclic) bond motifs is 1. The van der Waals surface area contributed by atoms with Crippen molar-refractivity contribution in [3.8, 4) is 5.75 Å². The molecule has 0 unspecified atom stereocenters. The molecule has 0 spiro atoms. The van der Waals surface area contributed by atoms with Crippen LogP contribution >= 0.6 is 0 Å². The Bertz CT molecular complexity index is 850. The average Bonchev–Trinajstić information content (AvgIpc) is 2.97. The number of ether oxygens (including phenoxy) is 1. The second-order valence-electron chi connectivity index (χ2n) is 6.15. The van der Waals surface area contributed by atoms with Gasteiger partial charge in [-0.2, -0.15) is 0 Å². The van der Waals surface area contributed by atoms with Crippen LogP contribution in [0, 0.1) is 0 Å². The maximum atomic E-state index is 12.4. The molecule has 1 amide bonds. The third-order valence-corrected chi connectivity index (χ3v) is 4.30. The molecule has 4 heteroatoms. The third-order valence-electron chi connectivity index (χ3n) is 4.30. The van der Waals surface area contributed by atoms with Crippen molar-refractivity contribution in [1.82, 2.24) is 9.88 Å². The Balaban J connectivity index is 1.51. The number of para-hydroxylation sites is 1. The van der Waals surface area contributed by atoms with Gasteiger partial charge in [0.15, 0.2) is 0 Å². The van der Waals surface area contributed by atoms with Gasteiger partial charge in [-0.3, -0.25) is 4.79 Å². The van der Waals surface area contributed by atoms with Crippen LogP contribution in [0.2, 0.25) is 0 Å².